The van der Waals surface area contributed by atoms with E-state index in [2.05, 4.69) is 21.2 Å². The van der Waals surface area contributed by atoms with Crippen LogP contribution in [0, 0.1) is 0 Å². The zero-order valence-corrected chi connectivity index (χ0v) is 8.43. The molecule has 66 valence electrons. The van der Waals surface area contributed by atoms with Gasteiger partial charge in [-0.15, -0.1) is 0 Å². The Morgan fingerprint density at radius 3 is 3.08 bits per heavy atom. The lowest BCUT2D eigenvalue weighted by molar-refractivity contribution is 0.455. The highest BCUT2D eigenvalue weighted by Gasteiger charge is 2.15. The molecule has 0 saturated carbocycles. The Balaban J connectivity index is 1.94. The van der Waals surface area contributed by atoms with Crippen molar-refractivity contribution in [2.75, 3.05) is 6.54 Å². The van der Waals surface area contributed by atoms with Gasteiger partial charge in [-0.25, -0.2) is 0 Å². The molecule has 2 heterocycles. The second kappa shape index (κ2) is 3.62. The summed E-state index contributed by atoms with van der Waals surface area (Å²) in [6.07, 6.45) is 3.59. The monoisotopic (exact) mass is 229 g/mol. The van der Waals surface area contributed by atoms with Crippen LogP contribution in [0.15, 0.2) is 21.2 Å². The first-order valence-electron chi connectivity index (χ1n) is 4.32. The highest BCUT2D eigenvalue weighted by atomic mass is 79.9. The number of hydrogen-bond donors (Lipinski definition) is 1. The van der Waals surface area contributed by atoms with Crippen LogP contribution in [-0.2, 0) is 6.42 Å². The lowest BCUT2D eigenvalue weighted by atomic mass is 10.1. The topological polar surface area (TPSA) is 25.2 Å². The summed E-state index contributed by atoms with van der Waals surface area (Å²) in [6, 6.07) is 4.61. The van der Waals surface area contributed by atoms with E-state index in [1.807, 2.05) is 12.1 Å². The van der Waals surface area contributed by atoms with Gasteiger partial charge in [-0.1, -0.05) is 0 Å². The lowest BCUT2D eigenvalue weighted by Gasteiger charge is -2.06. The quantitative estimate of drug-likeness (QED) is 0.843. The van der Waals surface area contributed by atoms with Crippen LogP contribution in [0.4, 0.5) is 0 Å². The van der Waals surface area contributed by atoms with Gasteiger partial charge >= 0.3 is 0 Å². The molecule has 3 heteroatoms. The Kier molecular flexibility index (Phi) is 2.51. The van der Waals surface area contributed by atoms with E-state index in [4.69, 9.17) is 4.42 Å². The molecule has 2 rings (SSSR count). The third kappa shape index (κ3) is 1.90. The third-order valence-electron chi connectivity index (χ3n) is 2.24. The number of nitrogens with one attached hydrogen (secondary N) is 1. The van der Waals surface area contributed by atoms with Gasteiger partial charge in [-0.2, -0.15) is 0 Å². The van der Waals surface area contributed by atoms with E-state index in [1.54, 1.807) is 0 Å². The van der Waals surface area contributed by atoms with E-state index in [0.29, 0.717) is 6.04 Å². The molecular formula is C9H12BrNO. The summed E-state index contributed by atoms with van der Waals surface area (Å²) >= 11 is 3.29. The molecule has 1 atom stereocenters. The summed E-state index contributed by atoms with van der Waals surface area (Å²) in [5.41, 5.74) is 0. The van der Waals surface area contributed by atoms with Crippen LogP contribution >= 0.6 is 15.9 Å². The van der Waals surface area contributed by atoms with Gasteiger partial charge in [0, 0.05) is 12.5 Å². The maximum atomic E-state index is 5.42. The van der Waals surface area contributed by atoms with Crippen molar-refractivity contribution < 1.29 is 4.42 Å². The zero-order valence-electron chi connectivity index (χ0n) is 6.85. The van der Waals surface area contributed by atoms with Crippen LogP contribution in [0.25, 0.3) is 0 Å². The van der Waals surface area contributed by atoms with Crippen LogP contribution < -0.4 is 5.32 Å². The Morgan fingerprint density at radius 2 is 2.50 bits per heavy atom. The van der Waals surface area contributed by atoms with Crippen molar-refractivity contribution >= 4 is 15.9 Å². The molecule has 2 nitrogen and oxygen atoms in total. The van der Waals surface area contributed by atoms with Gasteiger partial charge < -0.3 is 9.73 Å². The summed E-state index contributed by atoms with van der Waals surface area (Å²) < 4.78 is 6.25. The van der Waals surface area contributed by atoms with Gasteiger partial charge in [0.1, 0.15) is 5.76 Å². The molecule has 1 N–H and O–H groups in total. The molecule has 1 fully saturated rings. The van der Waals surface area contributed by atoms with Crippen LogP contribution in [0.2, 0.25) is 0 Å². The fourth-order valence-corrected chi connectivity index (χ4v) is 1.98. The molecule has 1 aliphatic rings. The zero-order chi connectivity index (χ0) is 8.39. The fourth-order valence-electron chi connectivity index (χ4n) is 1.64. The summed E-state index contributed by atoms with van der Waals surface area (Å²) in [5, 5.41) is 3.44. The molecular weight excluding hydrogens is 218 g/mol. The van der Waals surface area contributed by atoms with Crippen molar-refractivity contribution in [3.8, 4) is 0 Å². The molecule has 1 aromatic rings. The average molecular weight is 230 g/mol. The second-order valence-corrected chi connectivity index (χ2v) is 3.98. The molecule has 0 amide bonds. The van der Waals surface area contributed by atoms with E-state index in [1.165, 1.54) is 12.8 Å². The van der Waals surface area contributed by atoms with Crippen molar-refractivity contribution in [2.45, 2.75) is 25.3 Å². The minimum atomic E-state index is 0.628. The van der Waals surface area contributed by atoms with Crippen molar-refractivity contribution in [2.24, 2.45) is 0 Å². The normalized spacial score (nSPS) is 23.2. The van der Waals surface area contributed by atoms with Crippen LogP contribution in [0.1, 0.15) is 18.6 Å². The minimum Gasteiger partial charge on any atom is -0.454 e. The first-order valence-corrected chi connectivity index (χ1v) is 5.11. The average Bonchev–Trinajstić information content (AvgIpc) is 2.63. The second-order valence-electron chi connectivity index (χ2n) is 3.20. The van der Waals surface area contributed by atoms with Crippen LogP contribution in [0.3, 0.4) is 0 Å². The molecule has 0 radical (unpaired) electrons. The van der Waals surface area contributed by atoms with Gasteiger partial charge in [-0.3, -0.25) is 0 Å². The maximum Gasteiger partial charge on any atom is 0.169 e. The molecule has 1 aliphatic heterocycles. The number of hydrogen-bond acceptors (Lipinski definition) is 2. The number of furan rings is 1. The standard InChI is InChI=1S/C9H12BrNO/c10-9-4-3-8(12-9)6-7-2-1-5-11-7/h3-4,7,11H,1-2,5-6H2. The highest BCUT2D eigenvalue weighted by Crippen LogP contribution is 2.17. The molecule has 1 aromatic heterocycles. The molecule has 1 saturated heterocycles. The van der Waals surface area contributed by atoms with Gasteiger partial charge in [0.05, 0.1) is 0 Å². The SMILES string of the molecule is Brc1ccc(CC2CCCN2)o1. The van der Waals surface area contributed by atoms with Gasteiger partial charge in [-0.05, 0) is 47.4 Å². The smallest absolute Gasteiger partial charge is 0.169 e. The van der Waals surface area contributed by atoms with Crippen LogP contribution in [0.5, 0.6) is 0 Å². The van der Waals surface area contributed by atoms with Gasteiger partial charge in [0.25, 0.3) is 0 Å². The summed E-state index contributed by atoms with van der Waals surface area (Å²) in [6.45, 7) is 1.16. The molecule has 12 heavy (non-hydrogen) atoms. The lowest BCUT2D eigenvalue weighted by Crippen LogP contribution is -2.23. The van der Waals surface area contributed by atoms with E-state index < -0.39 is 0 Å². The number of rotatable bonds is 2. The third-order valence-corrected chi connectivity index (χ3v) is 2.67. The van der Waals surface area contributed by atoms with Gasteiger partial charge in [0.2, 0.25) is 0 Å². The summed E-state index contributed by atoms with van der Waals surface area (Å²) in [5.74, 6) is 1.07. The van der Waals surface area contributed by atoms with Gasteiger partial charge in [0.15, 0.2) is 4.67 Å². The molecule has 1 unspecified atom stereocenters. The Hall–Kier alpha value is -0.280. The highest BCUT2D eigenvalue weighted by molar-refractivity contribution is 9.10. The van der Waals surface area contributed by atoms with Crippen molar-refractivity contribution in [3.05, 3.63) is 22.6 Å². The first kappa shape index (κ1) is 8.32. The van der Waals surface area contributed by atoms with E-state index in [-0.39, 0.29) is 0 Å². The van der Waals surface area contributed by atoms with Crippen LogP contribution in [-0.4, -0.2) is 12.6 Å². The van der Waals surface area contributed by atoms with Crippen molar-refractivity contribution in [1.82, 2.24) is 5.32 Å². The fraction of sp³-hybridized carbons (Fsp3) is 0.556. The van der Waals surface area contributed by atoms with Crippen molar-refractivity contribution in [1.29, 1.82) is 0 Å². The molecule has 0 aliphatic carbocycles. The maximum absolute atomic E-state index is 5.42. The predicted octanol–water partition coefficient (Wildman–Crippen LogP) is 2.34. The predicted molar refractivity (Wildman–Crippen MR) is 51.1 cm³/mol. The van der Waals surface area contributed by atoms with E-state index >= 15 is 0 Å². The minimum absolute atomic E-state index is 0.628. The molecule has 0 bridgehead atoms. The Bertz CT molecular complexity index is 253. The summed E-state index contributed by atoms with van der Waals surface area (Å²) in [7, 11) is 0. The number of halogens is 1. The summed E-state index contributed by atoms with van der Waals surface area (Å²) in [4.78, 5) is 0. The molecule has 0 aromatic carbocycles. The first-order chi connectivity index (χ1) is 5.84. The largest absolute Gasteiger partial charge is 0.454 e. The van der Waals surface area contributed by atoms with E-state index in [9.17, 15) is 0 Å². The molecule has 0 spiro atoms. The Labute approximate surface area is 80.5 Å². The van der Waals surface area contributed by atoms with Crippen molar-refractivity contribution in [3.63, 3.8) is 0 Å². The Morgan fingerprint density at radius 1 is 1.58 bits per heavy atom. The van der Waals surface area contributed by atoms with E-state index in [0.717, 1.165) is 23.4 Å².